The molecule has 2 rings (SSSR count). The van der Waals surface area contributed by atoms with Gasteiger partial charge in [-0.15, -0.1) is 0 Å². The summed E-state index contributed by atoms with van der Waals surface area (Å²) in [4.78, 5) is 0. The number of nitrogens with two attached hydrogens (primary N) is 1. The third-order valence-electron chi connectivity index (χ3n) is 2.23. The number of hydrogen-bond donors (Lipinski definition) is 1. The van der Waals surface area contributed by atoms with Crippen molar-refractivity contribution in [2.45, 2.75) is 19.4 Å². The van der Waals surface area contributed by atoms with Crippen LogP contribution in [0.15, 0.2) is 28.9 Å². The molecule has 2 nitrogen and oxygen atoms in total. The normalized spacial score (nSPS) is 12.3. The van der Waals surface area contributed by atoms with Gasteiger partial charge in [0.2, 0.25) is 0 Å². The van der Waals surface area contributed by atoms with E-state index in [1.54, 1.807) is 6.26 Å². The van der Waals surface area contributed by atoms with Crippen molar-refractivity contribution in [2.75, 3.05) is 0 Å². The maximum atomic E-state index is 6.12. The number of rotatable bonds is 1. The molecule has 0 saturated carbocycles. The van der Waals surface area contributed by atoms with Crippen LogP contribution in [-0.4, -0.2) is 0 Å². The molecular formula is C11H12ClNO. The summed E-state index contributed by atoms with van der Waals surface area (Å²) in [5.74, 6) is 0. The van der Waals surface area contributed by atoms with E-state index in [1.165, 1.54) is 0 Å². The Bertz CT molecular complexity index is 468. The number of benzene rings is 1. The van der Waals surface area contributed by atoms with Crippen molar-refractivity contribution in [3.05, 3.63) is 35.0 Å². The molecule has 0 aliphatic heterocycles. The molecule has 0 aliphatic carbocycles. The third kappa shape index (κ3) is 1.41. The van der Waals surface area contributed by atoms with Crippen LogP contribution in [-0.2, 0) is 5.54 Å². The summed E-state index contributed by atoms with van der Waals surface area (Å²) < 4.78 is 5.29. The van der Waals surface area contributed by atoms with Crippen molar-refractivity contribution in [1.82, 2.24) is 0 Å². The summed E-state index contributed by atoms with van der Waals surface area (Å²) in [6.07, 6.45) is 1.65. The molecule has 1 aromatic heterocycles. The zero-order valence-corrected chi connectivity index (χ0v) is 8.93. The van der Waals surface area contributed by atoms with Crippen LogP contribution in [0.4, 0.5) is 0 Å². The Hall–Kier alpha value is -0.990. The molecule has 3 heteroatoms. The minimum Gasteiger partial charge on any atom is -0.464 e. The molecule has 0 aliphatic rings. The van der Waals surface area contributed by atoms with Gasteiger partial charge in [0.25, 0.3) is 0 Å². The lowest BCUT2D eigenvalue weighted by molar-refractivity contribution is 0.558. The summed E-state index contributed by atoms with van der Waals surface area (Å²) >= 11 is 6.12. The van der Waals surface area contributed by atoms with E-state index in [4.69, 9.17) is 21.8 Å². The van der Waals surface area contributed by atoms with Crippen molar-refractivity contribution < 1.29 is 4.42 Å². The fourth-order valence-electron chi connectivity index (χ4n) is 1.67. The highest BCUT2D eigenvalue weighted by Crippen LogP contribution is 2.33. The van der Waals surface area contributed by atoms with Gasteiger partial charge >= 0.3 is 0 Å². The zero-order valence-electron chi connectivity index (χ0n) is 8.17. The van der Waals surface area contributed by atoms with E-state index in [-0.39, 0.29) is 0 Å². The highest BCUT2D eigenvalue weighted by atomic mass is 35.5. The van der Waals surface area contributed by atoms with E-state index in [0.717, 1.165) is 16.5 Å². The maximum absolute atomic E-state index is 6.12. The van der Waals surface area contributed by atoms with E-state index >= 15 is 0 Å². The van der Waals surface area contributed by atoms with Gasteiger partial charge in [0.05, 0.1) is 6.26 Å². The highest BCUT2D eigenvalue weighted by molar-refractivity contribution is 6.32. The van der Waals surface area contributed by atoms with Crippen LogP contribution >= 0.6 is 11.6 Å². The van der Waals surface area contributed by atoms with Crippen molar-refractivity contribution in [1.29, 1.82) is 0 Å². The molecule has 2 aromatic rings. The average molecular weight is 210 g/mol. The molecule has 2 N–H and O–H groups in total. The van der Waals surface area contributed by atoms with Gasteiger partial charge in [0.15, 0.2) is 0 Å². The molecule has 74 valence electrons. The van der Waals surface area contributed by atoms with Crippen molar-refractivity contribution >= 4 is 22.6 Å². The monoisotopic (exact) mass is 209 g/mol. The average Bonchev–Trinajstić information content (AvgIpc) is 2.48. The first-order valence-electron chi connectivity index (χ1n) is 4.45. The quantitative estimate of drug-likeness (QED) is 0.783. The molecule has 0 fully saturated rings. The molecule has 1 aromatic carbocycles. The van der Waals surface area contributed by atoms with E-state index in [0.29, 0.717) is 5.02 Å². The van der Waals surface area contributed by atoms with E-state index in [9.17, 15) is 0 Å². The van der Waals surface area contributed by atoms with Gasteiger partial charge in [-0.2, -0.15) is 0 Å². The molecule has 1 heterocycles. The molecular weight excluding hydrogens is 198 g/mol. The first-order valence-corrected chi connectivity index (χ1v) is 4.83. The molecule has 0 amide bonds. The SMILES string of the molecule is CC(C)(N)c1c(Cl)ccc2occc12. The maximum Gasteiger partial charge on any atom is 0.134 e. The molecule has 14 heavy (non-hydrogen) atoms. The van der Waals surface area contributed by atoms with Crippen LogP contribution in [0.5, 0.6) is 0 Å². The highest BCUT2D eigenvalue weighted by Gasteiger charge is 2.21. The Morgan fingerprint density at radius 1 is 1.29 bits per heavy atom. The predicted molar refractivity (Wildman–Crippen MR) is 58.4 cm³/mol. The summed E-state index contributed by atoms with van der Waals surface area (Å²) in [5, 5.41) is 1.68. The van der Waals surface area contributed by atoms with Crippen LogP contribution in [0.1, 0.15) is 19.4 Å². The van der Waals surface area contributed by atoms with E-state index in [1.807, 2.05) is 32.0 Å². The molecule has 0 radical (unpaired) electrons. The van der Waals surface area contributed by atoms with Crippen molar-refractivity contribution in [2.24, 2.45) is 5.73 Å². The minimum absolute atomic E-state index is 0.458. The van der Waals surface area contributed by atoms with Crippen molar-refractivity contribution in [3.63, 3.8) is 0 Å². The number of furan rings is 1. The van der Waals surface area contributed by atoms with Gasteiger partial charge in [-0.3, -0.25) is 0 Å². The number of fused-ring (bicyclic) bond motifs is 1. The minimum atomic E-state index is -0.458. The second-order valence-electron chi connectivity index (χ2n) is 3.98. The van der Waals surface area contributed by atoms with E-state index in [2.05, 4.69) is 0 Å². The zero-order chi connectivity index (χ0) is 10.3. The fraction of sp³-hybridized carbons (Fsp3) is 0.273. The Kier molecular flexibility index (Phi) is 2.05. The second-order valence-corrected chi connectivity index (χ2v) is 4.38. The molecule has 0 bridgehead atoms. The van der Waals surface area contributed by atoms with Crippen molar-refractivity contribution in [3.8, 4) is 0 Å². The first kappa shape index (κ1) is 9.56. The van der Waals surface area contributed by atoms with Crippen LogP contribution in [0.2, 0.25) is 5.02 Å². The van der Waals surface area contributed by atoms with Gasteiger partial charge in [0.1, 0.15) is 5.58 Å². The van der Waals surface area contributed by atoms with Gasteiger partial charge < -0.3 is 10.2 Å². The molecule has 0 saturated heterocycles. The summed E-state index contributed by atoms with van der Waals surface area (Å²) in [7, 11) is 0. The Morgan fingerprint density at radius 3 is 2.64 bits per heavy atom. The van der Waals surface area contributed by atoms with E-state index < -0.39 is 5.54 Å². The smallest absolute Gasteiger partial charge is 0.134 e. The summed E-state index contributed by atoms with van der Waals surface area (Å²) in [6, 6.07) is 5.56. The number of halogens is 1. The lowest BCUT2D eigenvalue weighted by atomic mass is 9.92. The Morgan fingerprint density at radius 2 is 2.00 bits per heavy atom. The second kappa shape index (κ2) is 3.01. The van der Waals surface area contributed by atoms with Gasteiger partial charge in [-0.05, 0) is 32.0 Å². The first-order chi connectivity index (χ1) is 6.50. The molecule has 0 atom stereocenters. The van der Waals surface area contributed by atoms with Gasteiger partial charge in [0, 0.05) is 21.5 Å². The third-order valence-corrected chi connectivity index (χ3v) is 2.54. The lowest BCUT2D eigenvalue weighted by Crippen LogP contribution is -2.29. The summed E-state index contributed by atoms with van der Waals surface area (Å²) in [6.45, 7) is 3.86. The summed E-state index contributed by atoms with van der Waals surface area (Å²) in [5.41, 5.74) is 7.36. The standard InChI is InChI=1S/C11H12ClNO/c1-11(2,13)10-7-5-6-14-9(7)4-3-8(10)12/h3-6H,13H2,1-2H3. The Labute approximate surface area is 87.6 Å². The van der Waals surface area contributed by atoms with Crippen LogP contribution < -0.4 is 5.73 Å². The Balaban J connectivity index is 2.83. The van der Waals surface area contributed by atoms with Crippen LogP contribution in [0, 0.1) is 0 Å². The largest absolute Gasteiger partial charge is 0.464 e. The lowest BCUT2D eigenvalue weighted by Gasteiger charge is -2.21. The van der Waals surface area contributed by atoms with Crippen LogP contribution in [0.3, 0.4) is 0 Å². The van der Waals surface area contributed by atoms with Gasteiger partial charge in [-0.25, -0.2) is 0 Å². The van der Waals surface area contributed by atoms with Crippen LogP contribution in [0.25, 0.3) is 11.0 Å². The fourth-order valence-corrected chi connectivity index (χ4v) is 2.08. The molecule has 0 spiro atoms. The topological polar surface area (TPSA) is 39.2 Å². The van der Waals surface area contributed by atoms with Gasteiger partial charge in [-0.1, -0.05) is 11.6 Å². The molecule has 0 unspecified atom stereocenters. The predicted octanol–water partition coefficient (Wildman–Crippen LogP) is 3.28. The number of hydrogen-bond acceptors (Lipinski definition) is 2.